The molecule has 25 heavy (non-hydrogen) atoms. The largest absolute Gasteiger partial charge is 0.492 e. The third-order valence-electron chi connectivity index (χ3n) is 3.32. The van der Waals surface area contributed by atoms with Gasteiger partial charge in [-0.3, -0.25) is 0 Å². The van der Waals surface area contributed by atoms with Crippen LogP contribution in [0.4, 0.5) is 17.6 Å². The molecule has 136 valence electrons. The molecule has 0 saturated heterocycles. The first-order valence-electron chi connectivity index (χ1n) is 7.22. The Morgan fingerprint density at radius 1 is 1.28 bits per heavy atom. The minimum atomic E-state index is -4.51. The van der Waals surface area contributed by atoms with Crippen LogP contribution in [0.1, 0.15) is 18.5 Å². The zero-order valence-corrected chi connectivity index (χ0v) is 14.9. The Balaban J connectivity index is 2.35. The zero-order valence-electron chi connectivity index (χ0n) is 13.3. The molecule has 0 bridgehead atoms. The average Bonchev–Trinajstić information content (AvgIpc) is 2.56. The molecule has 3 nitrogen and oxygen atoms in total. The van der Waals surface area contributed by atoms with E-state index in [1.807, 2.05) is 0 Å². The van der Waals surface area contributed by atoms with Crippen molar-refractivity contribution >= 4 is 23.5 Å². The van der Waals surface area contributed by atoms with E-state index in [0.717, 1.165) is 16.3 Å². The first-order chi connectivity index (χ1) is 11.8. The van der Waals surface area contributed by atoms with Crippen molar-refractivity contribution < 1.29 is 22.3 Å². The van der Waals surface area contributed by atoms with E-state index in [1.165, 1.54) is 43.6 Å². The van der Waals surface area contributed by atoms with Gasteiger partial charge in [0.15, 0.2) is 5.75 Å². The Morgan fingerprint density at radius 2 is 1.92 bits per heavy atom. The van der Waals surface area contributed by atoms with E-state index in [9.17, 15) is 17.6 Å². The highest BCUT2D eigenvalue weighted by Crippen LogP contribution is 2.43. The molecule has 0 N–H and O–H groups in total. The van der Waals surface area contributed by atoms with Crippen molar-refractivity contribution in [2.45, 2.75) is 24.0 Å². The predicted octanol–water partition coefficient (Wildman–Crippen LogP) is 5.52. The van der Waals surface area contributed by atoms with Gasteiger partial charge in [0, 0.05) is 28.7 Å². The molecule has 0 amide bonds. The molecule has 0 fully saturated rings. The summed E-state index contributed by atoms with van der Waals surface area (Å²) in [6.45, 7) is 1.70. The number of nitrogens with zero attached hydrogens (tertiary/aromatic N) is 2. The molecule has 9 heteroatoms. The third-order valence-corrected chi connectivity index (χ3v) is 4.71. The van der Waals surface area contributed by atoms with Crippen molar-refractivity contribution in [1.29, 1.82) is 0 Å². The van der Waals surface area contributed by atoms with Crippen molar-refractivity contribution in [2.24, 2.45) is 0 Å². The van der Waals surface area contributed by atoms with Gasteiger partial charge in [0.25, 0.3) is 5.95 Å². The normalized spacial score (nSPS) is 13.1. The van der Waals surface area contributed by atoms with Crippen molar-refractivity contribution in [2.75, 3.05) is 13.7 Å². The lowest BCUT2D eigenvalue weighted by atomic mass is 10.1. The highest BCUT2D eigenvalue weighted by Gasteiger charge is 2.44. The molecule has 0 radical (unpaired) electrons. The van der Waals surface area contributed by atoms with E-state index in [1.54, 1.807) is 6.92 Å². The van der Waals surface area contributed by atoms with Crippen LogP contribution in [0.25, 0.3) is 0 Å². The van der Waals surface area contributed by atoms with Crippen LogP contribution in [0.15, 0.2) is 41.4 Å². The van der Waals surface area contributed by atoms with E-state index in [4.69, 9.17) is 16.3 Å². The maximum Gasteiger partial charge on any atom is 0.408 e. The Morgan fingerprint density at radius 3 is 2.44 bits per heavy atom. The first kappa shape index (κ1) is 19.8. The minimum Gasteiger partial charge on any atom is -0.492 e. The monoisotopic (exact) mass is 394 g/mol. The molecule has 2 rings (SSSR count). The summed E-state index contributed by atoms with van der Waals surface area (Å²) < 4.78 is 60.4. The molecule has 1 heterocycles. The molecule has 1 aromatic carbocycles. The lowest BCUT2D eigenvalue weighted by Crippen LogP contribution is -2.34. The van der Waals surface area contributed by atoms with Gasteiger partial charge in [0.05, 0.1) is 7.11 Å². The quantitative estimate of drug-likeness (QED) is 0.366. The second kappa shape index (κ2) is 8.25. The molecule has 0 spiro atoms. The summed E-state index contributed by atoms with van der Waals surface area (Å²) in [5.41, 5.74) is 0.0632. The molecule has 0 aliphatic carbocycles. The van der Waals surface area contributed by atoms with Crippen LogP contribution in [0, 0.1) is 5.95 Å². The molecular weight excluding hydrogens is 380 g/mol. The van der Waals surface area contributed by atoms with Gasteiger partial charge >= 0.3 is 6.18 Å². The highest BCUT2D eigenvalue weighted by atomic mass is 35.5. The molecule has 2 aromatic rings. The number of methoxy groups -OCH3 is 1. The van der Waals surface area contributed by atoms with Crippen LogP contribution in [0.2, 0.25) is 5.02 Å². The summed E-state index contributed by atoms with van der Waals surface area (Å²) in [5.74, 6) is -0.948. The molecule has 0 saturated carbocycles. The summed E-state index contributed by atoms with van der Waals surface area (Å²) in [7, 11) is 1.26. The van der Waals surface area contributed by atoms with Crippen molar-refractivity contribution in [3.8, 4) is 5.75 Å². The van der Waals surface area contributed by atoms with Gasteiger partial charge in [0.1, 0.15) is 6.04 Å². The fourth-order valence-corrected chi connectivity index (χ4v) is 3.33. The summed E-state index contributed by atoms with van der Waals surface area (Å²) >= 11 is 6.60. The summed E-state index contributed by atoms with van der Waals surface area (Å²) in [5, 5.41) is 0.354. The number of pyridine rings is 1. The summed E-state index contributed by atoms with van der Waals surface area (Å²) in [6, 6.07) is 4.97. The van der Waals surface area contributed by atoms with Gasteiger partial charge in [-0.1, -0.05) is 30.7 Å². The average molecular weight is 395 g/mol. The predicted molar refractivity (Wildman–Crippen MR) is 89.2 cm³/mol. The van der Waals surface area contributed by atoms with Gasteiger partial charge < -0.3 is 4.74 Å². The van der Waals surface area contributed by atoms with E-state index in [2.05, 4.69) is 4.98 Å². The number of alkyl halides is 3. The van der Waals surface area contributed by atoms with Crippen LogP contribution in [0.5, 0.6) is 5.75 Å². The minimum absolute atomic E-state index is 0.0632. The van der Waals surface area contributed by atoms with Gasteiger partial charge in [0.2, 0.25) is 0 Å². The molecule has 0 aliphatic heterocycles. The van der Waals surface area contributed by atoms with Crippen LogP contribution in [-0.4, -0.2) is 29.1 Å². The Hall–Kier alpha value is -1.51. The molecule has 0 aliphatic rings. The van der Waals surface area contributed by atoms with Crippen molar-refractivity contribution in [3.05, 3.63) is 53.1 Å². The van der Waals surface area contributed by atoms with E-state index in [0.29, 0.717) is 9.92 Å². The maximum atomic E-state index is 13.7. The molecule has 1 aromatic heterocycles. The van der Waals surface area contributed by atoms with E-state index < -0.39 is 18.2 Å². The number of hydrogen-bond acceptors (Lipinski definition) is 4. The molecule has 0 unspecified atom stereocenters. The summed E-state index contributed by atoms with van der Waals surface area (Å²) in [6.07, 6.45) is -3.34. The van der Waals surface area contributed by atoms with Gasteiger partial charge in [-0.25, -0.2) is 9.29 Å². The number of aromatic nitrogens is 1. The number of rotatable bonds is 6. The lowest BCUT2D eigenvalue weighted by Gasteiger charge is -2.31. The SMILES string of the molecule is CCN(Sc1cnc(F)c(OC)c1)[C@H](c1ccc(Cl)cc1)C(F)(F)F. The van der Waals surface area contributed by atoms with E-state index in [-0.39, 0.29) is 17.9 Å². The number of hydrogen-bond donors (Lipinski definition) is 0. The van der Waals surface area contributed by atoms with Crippen LogP contribution in [0.3, 0.4) is 0 Å². The molecule has 1 atom stereocenters. The van der Waals surface area contributed by atoms with Crippen LogP contribution < -0.4 is 4.74 Å². The van der Waals surface area contributed by atoms with Crippen LogP contribution in [-0.2, 0) is 0 Å². The van der Waals surface area contributed by atoms with Gasteiger partial charge in [-0.05, 0) is 29.6 Å². The second-order valence-corrected chi connectivity index (χ2v) is 6.54. The fourth-order valence-electron chi connectivity index (χ4n) is 2.20. The number of ether oxygens (including phenoxy) is 1. The van der Waals surface area contributed by atoms with Crippen molar-refractivity contribution in [1.82, 2.24) is 9.29 Å². The number of benzene rings is 1. The second-order valence-electron chi connectivity index (χ2n) is 4.98. The highest BCUT2D eigenvalue weighted by molar-refractivity contribution is 7.97. The van der Waals surface area contributed by atoms with Crippen molar-refractivity contribution in [3.63, 3.8) is 0 Å². The Bertz CT molecular complexity index is 712. The topological polar surface area (TPSA) is 25.4 Å². The summed E-state index contributed by atoms with van der Waals surface area (Å²) in [4.78, 5) is 3.84. The smallest absolute Gasteiger partial charge is 0.408 e. The Kier molecular flexibility index (Phi) is 6.53. The maximum absolute atomic E-state index is 13.7. The Labute approximate surface area is 152 Å². The lowest BCUT2D eigenvalue weighted by molar-refractivity contribution is -0.172. The standard InChI is InChI=1S/C16H15ClF4N2OS/c1-3-23(25-12-8-13(24-2)15(18)22-9-12)14(16(19,20)21)10-4-6-11(17)7-5-10/h4-9,14H,3H2,1-2H3/t14-/m1/s1. The van der Waals surface area contributed by atoms with Gasteiger partial charge in [-0.2, -0.15) is 17.6 Å². The van der Waals surface area contributed by atoms with Gasteiger partial charge in [-0.15, -0.1) is 0 Å². The van der Waals surface area contributed by atoms with Crippen LogP contribution >= 0.6 is 23.5 Å². The number of halogens is 5. The third kappa shape index (κ3) is 4.99. The first-order valence-corrected chi connectivity index (χ1v) is 8.37. The zero-order chi connectivity index (χ0) is 18.6. The van der Waals surface area contributed by atoms with E-state index >= 15 is 0 Å². The molecular formula is C16H15ClF4N2OS. The fraction of sp³-hybridized carbons (Fsp3) is 0.312.